The highest BCUT2D eigenvalue weighted by Crippen LogP contribution is 2.32. The largest absolute Gasteiger partial charge is 0.407 e. The Balaban J connectivity index is 2.53. The zero-order chi connectivity index (χ0) is 11.1. The van der Waals surface area contributed by atoms with Crippen LogP contribution in [0.25, 0.3) is 5.52 Å². The van der Waals surface area contributed by atoms with Crippen molar-refractivity contribution in [3.8, 4) is 0 Å². The Kier molecular flexibility index (Phi) is 2.15. The minimum absolute atomic E-state index is 0.0110. The number of nitrogens with two attached hydrogens (primary N) is 1. The number of pyridine rings is 1. The summed E-state index contributed by atoms with van der Waals surface area (Å²) in [6, 6.07) is 2.89. The van der Waals surface area contributed by atoms with Gasteiger partial charge in [-0.25, -0.2) is 4.52 Å². The number of aromatic nitrogens is 2. The lowest BCUT2D eigenvalue weighted by Crippen LogP contribution is -2.28. The average molecular weight is 215 g/mol. The standard InChI is InChI=1S/C9H8F3N3/c10-9(11,12)8(13)6-5-14-15-4-2-1-3-7(6)15/h1-5,8H,13H2. The van der Waals surface area contributed by atoms with E-state index in [-0.39, 0.29) is 5.56 Å². The molecule has 0 saturated carbocycles. The molecule has 0 aromatic carbocycles. The molecule has 2 aromatic heterocycles. The first-order chi connectivity index (χ1) is 7.00. The summed E-state index contributed by atoms with van der Waals surface area (Å²) in [7, 11) is 0. The monoisotopic (exact) mass is 215 g/mol. The Morgan fingerprint density at radius 1 is 1.33 bits per heavy atom. The van der Waals surface area contributed by atoms with E-state index in [1.54, 1.807) is 24.4 Å². The van der Waals surface area contributed by atoms with Gasteiger partial charge in [-0.2, -0.15) is 18.3 Å². The molecule has 0 spiro atoms. The predicted molar refractivity (Wildman–Crippen MR) is 48.2 cm³/mol. The van der Waals surface area contributed by atoms with Gasteiger partial charge in [-0.1, -0.05) is 6.07 Å². The number of halogens is 3. The molecule has 80 valence electrons. The van der Waals surface area contributed by atoms with Crippen LogP contribution in [0.4, 0.5) is 13.2 Å². The molecule has 0 aliphatic carbocycles. The lowest BCUT2D eigenvalue weighted by atomic mass is 10.1. The third kappa shape index (κ3) is 1.68. The number of nitrogens with zero attached hydrogens (tertiary/aromatic N) is 2. The fraction of sp³-hybridized carbons (Fsp3) is 0.222. The van der Waals surface area contributed by atoms with Crippen LogP contribution in [0.2, 0.25) is 0 Å². The van der Waals surface area contributed by atoms with E-state index in [4.69, 9.17) is 5.73 Å². The second-order valence-electron chi connectivity index (χ2n) is 3.15. The molecule has 0 radical (unpaired) electrons. The summed E-state index contributed by atoms with van der Waals surface area (Å²) in [5.74, 6) is 0. The summed E-state index contributed by atoms with van der Waals surface area (Å²) >= 11 is 0. The molecule has 0 saturated heterocycles. The van der Waals surface area contributed by atoms with Gasteiger partial charge in [0.1, 0.15) is 6.04 Å². The molecule has 3 nitrogen and oxygen atoms in total. The Labute approximate surface area is 83.3 Å². The highest BCUT2D eigenvalue weighted by atomic mass is 19.4. The minimum atomic E-state index is -4.45. The van der Waals surface area contributed by atoms with Crippen LogP contribution in [0.1, 0.15) is 11.6 Å². The van der Waals surface area contributed by atoms with E-state index in [9.17, 15) is 13.2 Å². The summed E-state index contributed by atoms with van der Waals surface area (Å²) in [6.07, 6.45) is -1.73. The second-order valence-corrected chi connectivity index (χ2v) is 3.15. The number of rotatable bonds is 1. The van der Waals surface area contributed by atoms with Crippen LogP contribution in [0.3, 0.4) is 0 Å². The fourth-order valence-electron chi connectivity index (χ4n) is 1.37. The molecule has 0 aliphatic heterocycles. The third-order valence-corrected chi connectivity index (χ3v) is 2.14. The van der Waals surface area contributed by atoms with Crippen LogP contribution in [0.15, 0.2) is 30.6 Å². The second kappa shape index (κ2) is 3.23. The van der Waals surface area contributed by atoms with Crippen molar-refractivity contribution >= 4 is 5.52 Å². The van der Waals surface area contributed by atoms with Gasteiger partial charge in [0.05, 0.1) is 11.7 Å². The Morgan fingerprint density at radius 3 is 2.73 bits per heavy atom. The molecule has 0 bridgehead atoms. The molecule has 6 heteroatoms. The van der Waals surface area contributed by atoms with Crippen molar-refractivity contribution < 1.29 is 13.2 Å². The molecule has 0 aliphatic rings. The first-order valence-electron chi connectivity index (χ1n) is 4.24. The van der Waals surface area contributed by atoms with Gasteiger partial charge in [0, 0.05) is 11.8 Å². The smallest absolute Gasteiger partial charge is 0.316 e. The zero-order valence-corrected chi connectivity index (χ0v) is 7.57. The van der Waals surface area contributed by atoms with Gasteiger partial charge in [-0.15, -0.1) is 0 Å². The summed E-state index contributed by atoms with van der Waals surface area (Å²) in [6.45, 7) is 0. The van der Waals surface area contributed by atoms with Gasteiger partial charge in [0.2, 0.25) is 0 Å². The first-order valence-corrected chi connectivity index (χ1v) is 4.24. The molecule has 1 unspecified atom stereocenters. The van der Waals surface area contributed by atoms with Crippen molar-refractivity contribution in [2.45, 2.75) is 12.2 Å². The summed E-state index contributed by atoms with van der Waals surface area (Å²) < 4.78 is 38.5. The van der Waals surface area contributed by atoms with Crippen molar-refractivity contribution in [3.63, 3.8) is 0 Å². The van der Waals surface area contributed by atoms with E-state index in [1.165, 1.54) is 4.52 Å². The van der Waals surface area contributed by atoms with Gasteiger partial charge in [-0.05, 0) is 12.1 Å². The first kappa shape index (κ1) is 9.97. The SMILES string of the molecule is NC(c1cnn2ccccc12)C(F)(F)F. The molecule has 1 atom stereocenters. The molecule has 2 rings (SSSR count). The third-order valence-electron chi connectivity index (χ3n) is 2.14. The molecule has 15 heavy (non-hydrogen) atoms. The molecule has 2 heterocycles. The number of hydrogen-bond donors (Lipinski definition) is 1. The van der Waals surface area contributed by atoms with Crippen molar-refractivity contribution in [2.75, 3.05) is 0 Å². The topological polar surface area (TPSA) is 43.3 Å². The minimum Gasteiger partial charge on any atom is -0.316 e. The summed E-state index contributed by atoms with van der Waals surface area (Å²) in [4.78, 5) is 0. The van der Waals surface area contributed by atoms with Gasteiger partial charge >= 0.3 is 6.18 Å². The van der Waals surface area contributed by atoms with E-state index in [0.717, 1.165) is 6.20 Å². The molecule has 0 fully saturated rings. The van der Waals surface area contributed by atoms with Crippen LogP contribution < -0.4 is 5.73 Å². The van der Waals surface area contributed by atoms with E-state index in [0.29, 0.717) is 5.52 Å². The molecule has 0 amide bonds. The van der Waals surface area contributed by atoms with Crippen molar-refractivity contribution in [3.05, 3.63) is 36.2 Å². The van der Waals surface area contributed by atoms with Crippen molar-refractivity contribution in [1.82, 2.24) is 9.61 Å². The van der Waals surface area contributed by atoms with Crippen LogP contribution in [0.5, 0.6) is 0 Å². The van der Waals surface area contributed by atoms with Gasteiger partial charge in [0.25, 0.3) is 0 Å². The number of alkyl halides is 3. The lowest BCUT2D eigenvalue weighted by Gasteiger charge is -2.13. The normalized spacial score (nSPS) is 14.4. The van der Waals surface area contributed by atoms with E-state index in [2.05, 4.69) is 5.10 Å². The Bertz CT molecular complexity index is 475. The fourth-order valence-corrected chi connectivity index (χ4v) is 1.37. The van der Waals surface area contributed by atoms with Crippen LogP contribution in [-0.4, -0.2) is 15.8 Å². The highest BCUT2D eigenvalue weighted by molar-refractivity contribution is 5.55. The lowest BCUT2D eigenvalue weighted by molar-refractivity contribution is -0.148. The van der Waals surface area contributed by atoms with E-state index in [1.807, 2.05) is 0 Å². The Morgan fingerprint density at radius 2 is 2.07 bits per heavy atom. The van der Waals surface area contributed by atoms with Gasteiger partial charge in [-0.3, -0.25) is 0 Å². The van der Waals surface area contributed by atoms with Crippen LogP contribution in [-0.2, 0) is 0 Å². The number of fused-ring (bicyclic) bond motifs is 1. The maximum atomic E-state index is 12.4. The van der Waals surface area contributed by atoms with E-state index >= 15 is 0 Å². The highest BCUT2D eigenvalue weighted by Gasteiger charge is 2.39. The molecule has 2 aromatic rings. The number of hydrogen-bond acceptors (Lipinski definition) is 2. The van der Waals surface area contributed by atoms with Crippen LogP contribution >= 0.6 is 0 Å². The molecule has 2 N–H and O–H groups in total. The van der Waals surface area contributed by atoms with Crippen molar-refractivity contribution in [1.29, 1.82) is 0 Å². The van der Waals surface area contributed by atoms with Crippen molar-refractivity contribution in [2.24, 2.45) is 5.73 Å². The molecular weight excluding hydrogens is 207 g/mol. The predicted octanol–water partition coefficient (Wildman–Crippen LogP) is 1.90. The molecular formula is C9H8F3N3. The average Bonchev–Trinajstić information content (AvgIpc) is 2.58. The van der Waals surface area contributed by atoms with Gasteiger partial charge in [0.15, 0.2) is 0 Å². The van der Waals surface area contributed by atoms with Crippen LogP contribution in [0, 0.1) is 0 Å². The maximum Gasteiger partial charge on any atom is 0.407 e. The maximum absolute atomic E-state index is 12.4. The Hall–Kier alpha value is -1.56. The zero-order valence-electron chi connectivity index (χ0n) is 7.57. The quantitative estimate of drug-likeness (QED) is 0.789. The summed E-state index contributed by atoms with van der Waals surface area (Å²) in [5, 5.41) is 3.79. The van der Waals surface area contributed by atoms with Gasteiger partial charge < -0.3 is 5.73 Å². The van der Waals surface area contributed by atoms with E-state index < -0.39 is 12.2 Å². The summed E-state index contributed by atoms with van der Waals surface area (Å²) in [5.41, 5.74) is 5.47.